The molecule has 0 fully saturated rings. The Morgan fingerprint density at radius 3 is 2.27 bits per heavy atom. The van der Waals surface area contributed by atoms with E-state index in [1.807, 2.05) is 12.1 Å². The van der Waals surface area contributed by atoms with Crippen molar-refractivity contribution >= 4 is 29.1 Å². The van der Waals surface area contributed by atoms with E-state index in [1.165, 1.54) is 17.5 Å². The van der Waals surface area contributed by atoms with Gasteiger partial charge in [-0.2, -0.15) is 0 Å². The Labute approximate surface area is 192 Å². The van der Waals surface area contributed by atoms with Gasteiger partial charge < -0.3 is 20.4 Å². The van der Waals surface area contributed by atoms with Gasteiger partial charge in [0.25, 0.3) is 0 Å². The number of hydrogen-bond donors (Lipinski definition) is 3. The maximum atomic E-state index is 12.5. The van der Waals surface area contributed by atoms with Crippen molar-refractivity contribution < 1.29 is 18.8 Å². The van der Waals surface area contributed by atoms with E-state index in [0.717, 1.165) is 19.3 Å². The summed E-state index contributed by atoms with van der Waals surface area (Å²) in [6.07, 6.45) is 6.30. The van der Waals surface area contributed by atoms with Crippen LogP contribution < -0.4 is 16.0 Å². The molecule has 0 saturated carbocycles. The zero-order chi connectivity index (χ0) is 23.0. The molecule has 3 aromatic rings. The van der Waals surface area contributed by atoms with Crippen molar-refractivity contribution in [2.75, 3.05) is 10.6 Å². The molecule has 1 heterocycles. The van der Waals surface area contributed by atoms with Gasteiger partial charge >= 0.3 is 6.03 Å². The molecule has 7 nitrogen and oxygen atoms in total. The molecule has 4 rings (SSSR count). The van der Waals surface area contributed by atoms with Crippen molar-refractivity contribution in [1.82, 2.24) is 5.32 Å². The fourth-order valence-electron chi connectivity index (χ4n) is 3.89. The lowest BCUT2D eigenvalue weighted by Gasteiger charge is -2.16. The molecule has 33 heavy (non-hydrogen) atoms. The van der Waals surface area contributed by atoms with Crippen LogP contribution in [0.25, 0.3) is 0 Å². The van der Waals surface area contributed by atoms with Gasteiger partial charge in [-0.05, 0) is 79.3 Å². The molecule has 3 N–H and O–H groups in total. The number of hydrogen-bond acceptors (Lipinski definition) is 4. The fourth-order valence-corrected chi connectivity index (χ4v) is 3.89. The molecule has 7 heteroatoms. The highest BCUT2D eigenvalue weighted by molar-refractivity contribution is 6.00. The minimum atomic E-state index is -0.358. The van der Waals surface area contributed by atoms with Gasteiger partial charge in [0.1, 0.15) is 5.76 Å². The Morgan fingerprint density at radius 2 is 1.55 bits per heavy atom. The van der Waals surface area contributed by atoms with E-state index in [4.69, 9.17) is 4.42 Å². The topological polar surface area (TPSA) is 100 Å². The molecule has 1 aliphatic carbocycles. The number of aryl methyl sites for hydroxylation is 2. The second kappa shape index (κ2) is 10.6. The van der Waals surface area contributed by atoms with Crippen molar-refractivity contribution in [3.8, 4) is 0 Å². The summed E-state index contributed by atoms with van der Waals surface area (Å²) in [6, 6.07) is 15.9. The summed E-state index contributed by atoms with van der Waals surface area (Å²) < 4.78 is 5.16. The van der Waals surface area contributed by atoms with Crippen molar-refractivity contribution in [3.63, 3.8) is 0 Å². The molecule has 1 aliphatic rings. The number of carbonyl (C=O) groups excluding carboxylic acids is 3. The van der Waals surface area contributed by atoms with E-state index in [9.17, 15) is 14.4 Å². The summed E-state index contributed by atoms with van der Waals surface area (Å²) in [5.74, 6) is 0.421. The standard InChI is InChI=1S/C26H27N3O4/c30-24(20-8-7-18-4-1-2-5-19(18)16-20)13-14-25(31)28-21-9-11-22(12-10-21)29-26(32)27-17-23-6-3-15-33-23/h3,6-12,15-16H,1-2,4-5,13-14,17H2,(H,28,31)(H2,27,29,32). The second-order valence-corrected chi connectivity index (χ2v) is 8.13. The number of amides is 3. The van der Waals surface area contributed by atoms with E-state index < -0.39 is 0 Å². The first-order valence-corrected chi connectivity index (χ1v) is 11.2. The minimum Gasteiger partial charge on any atom is -0.467 e. The number of ketones is 1. The first kappa shape index (κ1) is 22.3. The Kier molecular flexibility index (Phi) is 7.19. The van der Waals surface area contributed by atoms with Gasteiger partial charge in [0.05, 0.1) is 12.8 Å². The number of furan rings is 1. The van der Waals surface area contributed by atoms with Crippen LogP contribution in [0.2, 0.25) is 0 Å². The Hall–Kier alpha value is -3.87. The average Bonchev–Trinajstić information content (AvgIpc) is 3.36. The van der Waals surface area contributed by atoms with Crippen LogP contribution in [0.1, 0.15) is 52.9 Å². The molecule has 0 atom stereocenters. The fraction of sp³-hybridized carbons (Fsp3) is 0.269. The third-order valence-corrected chi connectivity index (χ3v) is 5.68. The van der Waals surface area contributed by atoms with Crippen LogP contribution in [0.5, 0.6) is 0 Å². The lowest BCUT2D eigenvalue weighted by atomic mass is 9.89. The highest BCUT2D eigenvalue weighted by Crippen LogP contribution is 2.23. The van der Waals surface area contributed by atoms with Gasteiger partial charge in [-0.3, -0.25) is 9.59 Å². The molecule has 0 radical (unpaired) electrons. The van der Waals surface area contributed by atoms with E-state index in [1.54, 1.807) is 42.7 Å². The predicted molar refractivity (Wildman–Crippen MR) is 126 cm³/mol. The van der Waals surface area contributed by atoms with E-state index in [-0.39, 0.29) is 37.1 Å². The van der Waals surface area contributed by atoms with Crippen molar-refractivity contribution in [2.24, 2.45) is 0 Å². The Balaban J connectivity index is 1.21. The maximum Gasteiger partial charge on any atom is 0.319 e. The van der Waals surface area contributed by atoms with Gasteiger partial charge in [-0.1, -0.05) is 12.1 Å². The lowest BCUT2D eigenvalue weighted by Crippen LogP contribution is -2.27. The molecular weight excluding hydrogens is 418 g/mol. The Morgan fingerprint density at radius 1 is 0.818 bits per heavy atom. The average molecular weight is 446 g/mol. The van der Waals surface area contributed by atoms with Crippen LogP contribution in [-0.4, -0.2) is 17.7 Å². The van der Waals surface area contributed by atoms with E-state index in [0.29, 0.717) is 22.7 Å². The van der Waals surface area contributed by atoms with E-state index >= 15 is 0 Å². The SMILES string of the molecule is O=C(CCC(=O)c1ccc2c(c1)CCCC2)Nc1ccc(NC(=O)NCc2ccco2)cc1. The zero-order valence-corrected chi connectivity index (χ0v) is 18.4. The molecule has 0 saturated heterocycles. The summed E-state index contributed by atoms with van der Waals surface area (Å²) in [7, 11) is 0. The lowest BCUT2D eigenvalue weighted by molar-refractivity contribution is -0.116. The highest BCUT2D eigenvalue weighted by Gasteiger charge is 2.14. The van der Waals surface area contributed by atoms with Gasteiger partial charge in [-0.25, -0.2) is 4.79 Å². The molecule has 170 valence electrons. The van der Waals surface area contributed by atoms with Crippen LogP contribution in [0, 0.1) is 0 Å². The van der Waals surface area contributed by atoms with E-state index in [2.05, 4.69) is 22.0 Å². The summed E-state index contributed by atoms with van der Waals surface area (Å²) in [6.45, 7) is 0.289. The molecule has 1 aromatic heterocycles. The van der Waals surface area contributed by atoms with Crippen molar-refractivity contribution in [3.05, 3.63) is 83.3 Å². The smallest absolute Gasteiger partial charge is 0.319 e. The normalized spacial score (nSPS) is 12.5. The molecule has 0 unspecified atom stereocenters. The first-order chi connectivity index (χ1) is 16.1. The number of fused-ring (bicyclic) bond motifs is 1. The molecule has 3 amide bonds. The third-order valence-electron chi connectivity index (χ3n) is 5.68. The molecule has 0 bridgehead atoms. The van der Waals surface area contributed by atoms with Gasteiger partial charge in [0.2, 0.25) is 5.91 Å². The van der Waals surface area contributed by atoms with Crippen LogP contribution in [0.15, 0.2) is 65.3 Å². The number of urea groups is 1. The number of nitrogens with one attached hydrogen (secondary N) is 3. The highest BCUT2D eigenvalue weighted by atomic mass is 16.3. The number of rotatable bonds is 8. The maximum absolute atomic E-state index is 12.5. The summed E-state index contributed by atoms with van der Waals surface area (Å²) in [5, 5.41) is 8.20. The quantitative estimate of drug-likeness (QED) is 0.421. The molecule has 0 spiro atoms. The molecular formula is C26H27N3O4. The number of anilines is 2. The van der Waals surface area contributed by atoms with Crippen molar-refractivity contribution in [2.45, 2.75) is 45.1 Å². The number of benzene rings is 2. The summed E-state index contributed by atoms with van der Waals surface area (Å²) in [5.41, 5.74) is 4.47. The minimum absolute atomic E-state index is 0.0152. The van der Waals surface area contributed by atoms with Crippen LogP contribution in [-0.2, 0) is 24.2 Å². The van der Waals surface area contributed by atoms with Gasteiger partial charge in [0.15, 0.2) is 5.78 Å². The van der Waals surface area contributed by atoms with Crippen molar-refractivity contribution in [1.29, 1.82) is 0 Å². The monoisotopic (exact) mass is 445 g/mol. The first-order valence-electron chi connectivity index (χ1n) is 11.2. The molecule has 2 aromatic carbocycles. The number of Topliss-reactive ketones (excluding diaryl/α,β-unsaturated/α-hetero) is 1. The Bertz CT molecular complexity index is 1120. The number of carbonyl (C=O) groups is 3. The van der Waals surface area contributed by atoms with Crippen LogP contribution in [0.4, 0.5) is 16.2 Å². The third kappa shape index (κ3) is 6.32. The zero-order valence-electron chi connectivity index (χ0n) is 18.4. The summed E-state index contributed by atoms with van der Waals surface area (Å²) in [4.78, 5) is 36.8. The largest absolute Gasteiger partial charge is 0.467 e. The predicted octanol–water partition coefficient (Wildman–Crippen LogP) is 5.08. The summed E-state index contributed by atoms with van der Waals surface area (Å²) >= 11 is 0. The van der Waals surface area contributed by atoms with Crippen LogP contribution in [0.3, 0.4) is 0 Å². The van der Waals surface area contributed by atoms with Gasteiger partial charge in [-0.15, -0.1) is 0 Å². The van der Waals surface area contributed by atoms with Crippen LogP contribution >= 0.6 is 0 Å². The van der Waals surface area contributed by atoms with Gasteiger partial charge in [0, 0.05) is 29.8 Å². The molecule has 0 aliphatic heterocycles. The second-order valence-electron chi connectivity index (χ2n) is 8.13.